The van der Waals surface area contributed by atoms with Crippen molar-refractivity contribution in [3.63, 3.8) is 0 Å². The molecule has 0 amide bonds. The van der Waals surface area contributed by atoms with Crippen LogP contribution in [0, 0.1) is 5.92 Å². The standard InChI is InChI=1S/C12H22N2O2/c1-14-7-6-11(8-14)13-10-4-2-9(3-5-10)12(15)16/h9-11,13H,2-8H2,1H3,(H,15,16). The molecule has 2 fully saturated rings. The van der Waals surface area contributed by atoms with E-state index in [2.05, 4.69) is 17.3 Å². The van der Waals surface area contributed by atoms with Crippen molar-refractivity contribution in [1.29, 1.82) is 0 Å². The van der Waals surface area contributed by atoms with Gasteiger partial charge in [-0.2, -0.15) is 0 Å². The van der Waals surface area contributed by atoms with Crippen molar-refractivity contribution < 1.29 is 9.90 Å². The molecule has 0 radical (unpaired) electrons. The van der Waals surface area contributed by atoms with Gasteiger partial charge in [0.15, 0.2) is 0 Å². The first-order chi connectivity index (χ1) is 7.65. The number of rotatable bonds is 3. The summed E-state index contributed by atoms with van der Waals surface area (Å²) in [6.07, 6.45) is 4.97. The molecule has 4 nitrogen and oxygen atoms in total. The van der Waals surface area contributed by atoms with Crippen molar-refractivity contribution in [2.24, 2.45) is 5.92 Å². The minimum absolute atomic E-state index is 0.0932. The van der Waals surface area contributed by atoms with Gasteiger partial charge in [-0.05, 0) is 45.7 Å². The molecule has 4 heteroatoms. The number of carboxylic acids is 1. The number of carboxylic acid groups (broad SMARTS) is 1. The van der Waals surface area contributed by atoms with Gasteiger partial charge in [-0.3, -0.25) is 4.79 Å². The Hall–Kier alpha value is -0.610. The first-order valence-corrected chi connectivity index (χ1v) is 6.32. The van der Waals surface area contributed by atoms with Crippen LogP contribution in [0.1, 0.15) is 32.1 Å². The Morgan fingerprint density at radius 2 is 1.88 bits per heavy atom. The van der Waals surface area contributed by atoms with Crippen molar-refractivity contribution in [2.75, 3.05) is 20.1 Å². The largest absolute Gasteiger partial charge is 0.481 e. The number of aliphatic carboxylic acids is 1. The molecule has 0 aromatic heterocycles. The van der Waals surface area contributed by atoms with Crippen LogP contribution in [0.5, 0.6) is 0 Å². The van der Waals surface area contributed by atoms with Crippen LogP contribution < -0.4 is 5.32 Å². The SMILES string of the molecule is CN1CCC(NC2CCC(C(=O)O)CC2)C1. The lowest BCUT2D eigenvalue weighted by atomic mass is 9.86. The third-order valence-electron chi connectivity index (χ3n) is 3.94. The average molecular weight is 226 g/mol. The second kappa shape index (κ2) is 5.15. The summed E-state index contributed by atoms with van der Waals surface area (Å²) in [7, 11) is 2.16. The van der Waals surface area contributed by atoms with E-state index in [0.717, 1.165) is 32.2 Å². The molecule has 0 spiro atoms. The normalized spacial score (nSPS) is 36.4. The lowest BCUT2D eigenvalue weighted by Crippen LogP contribution is -2.42. The smallest absolute Gasteiger partial charge is 0.306 e. The summed E-state index contributed by atoms with van der Waals surface area (Å²) in [5.74, 6) is -0.705. The van der Waals surface area contributed by atoms with Crippen molar-refractivity contribution in [2.45, 2.75) is 44.2 Å². The first-order valence-electron chi connectivity index (χ1n) is 6.32. The van der Waals surface area contributed by atoms with Crippen LogP contribution in [0.25, 0.3) is 0 Å². The number of nitrogens with one attached hydrogen (secondary N) is 1. The molecule has 1 heterocycles. The van der Waals surface area contributed by atoms with Crippen molar-refractivity contribution in [3.8, 4) is 0 Å². The van der Waals surface area contributed by atoms with Gasteiger partial charge in [0.2, 0.25) is 0 Å². The van der Waals surface area contributed by atoms with Gasteiger partial charge in [-0.1, -0.05) is 0 Å². The summed E-state index contributed by atoms with van der Waals surface area (Å²) in [5, 5.41) is 12.6. The van der Waals surface area contributed by atoms with E-state index >= 15 is 0 Å². The number of nitrogens with zero attached hydrogens (tertiary/aromatic N) is 1. The molecule has 1 aliphatic heterocycles. The van der Waals surface area contributed by atoms with E-state index in [0.29, 0.717) is 12.1 Å². The van der Waals surface area contributed by atoms with E-state index in [1.54, 1.807) is 0 Å². The topological polar surface area (TPSA) is 52.6 Å². The van der Waals surface area contributed by atoms with Gasteiger partial charge in [0.25, 0.3) is 0 Å². The van der Waals surface area contributed by atoms with Crippen LogP contribution in [-0.2, 0) is 4.79 Å². The van der Waals surface area contributed by atoms with Gasteiger partial charge >= 0.3 is 5.97 Å². The minimum atomic E-state index is -0.612. The summed E-state index contributed by atoms with van der Waals surface area (Å²) in [6, 6.07) is 1.17. The Morgan fingerprint density at radius 1 is 1.19 bits per heavy atom. The Labute approximate surface area is 97.0 Å². The maximum Gasteiger partial charge on any atom is 0.306 e. The minimum Gasteiger partial charge on any atom is -0.481 e. The van der Waals surface area contributed by atoms with E-state index in [-0.39, 0.29) is 5.92 Å². The number of hydrogen-bond acceptors (Lipinski definition) is 3. The molecule has 92 valence electrons. The highest BCUT2D eigenvalue weighted by atomic mass is 16.4. The maximum atomic E-state index is 10.8. The van der Waals surface area contributed by atoms with E-state index in [1.807, 2.05) is 0 Å². The maximum absolute atomic E-state index is 10.8. The Morgan fingerprint density at radius 3 is 2.38 bits per heavy atom. The first kappa shape index (κ1) is 11.9. The molecule has 1 aliphatic carbocycles. The molecule has 1 saturated carbocycles. The van der Waals surface area contributed by atoms with Crippen molar-refractivity contribution in [3.05, 3.63) is 0 Å². The Balaban J connectivity index is 1.71. The van der Waals surface area contributed by atoms with E-state index in [9.17, 15) is 4.79 Å². The van der Waals surface area contributed by atoms with Crippen molar-refractivity contribution >= 4 is 5.97 Å². The summed E-state index contributed by atoms with van der Waals surface area (Å²) in [5.41, 5.74) is 0. The predicted octanol–water partition coefficient (Wildman–Crippen LogP) is 0.923. The predicted molar refractivity (Wildman–Crippen MR) is 62.4 cm³/mol. The van der Waals surface area contributed by atoms with Crippen LogP contribution in [-0.4, -0.2) is 48.2 Å². The molecule has 1 saturated heterocycles. The highest BCUT2D eigenvalue weighted by Crippen LogP contribution is 2.25. The van der Waals surface area contributed by atoms with Gasteiger partial charge < -0.3 is 15.3 Å². The fourth-order valence-corrected chi connectivity index (χ4v) is 2.91. The van der Waals surface area contributed by atoms with Crippen LogP contribution >= 0.6 is 0 Å². The second-order valence-electron chi connectivity index (χ2n) is 5.30. The third kappa shape index (κ3) is 2.95. The Bertz CT molecular complexity index is 249. The third-order valence-corrected chi connectivity index (χ3v) is 3.94. The molecule has 0 aromatic rings. The van der Waals surface area contributed by atoms with Crippen LogP contribution in [0.2, 0.25) is 0 Å². The molecule has 2 aliphatic rings. The number of likely N-dealkylation sites (tertiary alicyclic amines) is 1. The van der Waals surface area contributed by atoms with E-state index in [1.165, 1.54) is 13.0 Å². The zero-order valence-corrected chi connectivity index (χ0v) is 9.98. The summed E-state index contributed by atoms with van der Waals surface area (Å²) in [6.45, 7) is 2.32. The second-order valence-corrected chi connectivity index (χ2v) is 5.30. The lowest BCUT2D eigenvalue weighted by molar-refractivity contribution is -0.142. The van der Waals surface area contributed by atoms with Crippen LogP contribution in [0.3, 0.4) is 0 Å². The molecular weight excluding hydrogens is 204 g/mol. The Kier molecular flexibility index (Phi) is 3.82. The molecule has 0 aromatic carbocycles. The number of likely N-dealkylation sites (N-methyl/N-ethyl adjacent to an activating group) is 1. The molecule has 1 unspecified atom stereocenters. The van der Waals surface area contributed by atoms with Gasteiger partial charge in [0, 0.05) is 18.6 Å². The quantitative estimate of drug-likeness (QED) is 0.751. The molecule has 2 N–H and O–H groups in total. The summed E-state index contributed by atoms with van der Waals surface area (Å²) in [4.78, 5) is 13.2. The number of carbonyl (C=O) groups is 1. The molecule has 0 bridgehead atoms. The average Bonchev–Trinajstić information content (AvgIpc) is 2.65. The van der Waals surface area contributed by atoms with Gasteiger partial charge in [0.1, 0.15) is 0 Å². The van der Waals surface area contributed by atoms with Gasteiger partial charge in [-0.15, -0.1) is 0 Å². The van der Waals surface area contributed by atoms with Gasteiger partial charge in [-0.25, -0.2) is 0 Å². The molecule has 16 heavy (non-hydrogen) atoms. The lowest BCUT2D eigenvalue weighted by Gasteiger charge is -2.29. The zero-order chi connectivity index (χ0) is 11.5. The van der Waals surface area contributed by atoms with Crippen LogP contribution in [0.4, 0.5) is 0 Å². The fourth-order valence-electron chi connectivity index (χ4n) is 2.91. The monoisotopic (exact) mass is 226 g/mol. The van der Waals surface area contributed by atoms with Gasteiger partial charge in [0.05, 0.1) is 5.92 Å². The molecular formula is C12H22N2O2. The zero-order valence-electron chi connectivity index (χ0n) is 9.98. The fraction of sp³-hybridized carbons (Fsp3) is 0.917. The highest BCUT2D eigenvalue weighted by Gasteiger charge is 2.28. The molecule has 1 atom stereocenters. The van der Waals surface area contributed by atoms with Crippen molar-refractivity contribution in [1.82, 2.24) is 10.2 Å². The summed E-state index contributed by atoms with van der Waals surface area (Å²) < 4.78 is 0. The van der Waals surface area contributed by atoms with E-state index < -0.39 is 5.97 Å². The molecule has 2 rings (SSSR count). The van der Waals surface area contributed by atoms with E-state index in [4.69, 9.17) is 5.11 Å². The van der Waals surface area contributed by atoms with Crippen LogP contribution in [0.15, 0.2) is 0 Å². The summed E-state index contributed by atoms with van der Waals surface area (Å²) >= 11 is 0. The highest BCUT2D eigenvalue weighted by molar-refractivity contribution is 5.70. The number of hydrogen-bond donors (Lipinski definition) is 2.